The quantitative estimate of drug-likeness (QED) is 0.157. The molecule has 7 nitrogen and oxygen atoms in total. The molecule has 0 unspecified atom stereocenters. The standard InChI is InChI=1S/C34H50O7Si/c1-6-42(7-2,8-3)39-21-19-29-31(37-23-26-12-10-9-11-13-26)22-32-34(41-29)25(4)33(30(40-32)18-20-35)38-24-27-14-16-28(36-5)17-15-27/h9-17,20,25,29-34H,6-8,18-19,21-24H2,1-5H3/t25-,29-,30+,31-,32+,33-,34+/m1/s1. The summed E-state index contributed by atoms with van der Waals surface area (Å²) < 4.78 is 38.3. The number of hydrogen-bond acceptors (Lipinski definition) is 7. The second-order valence-electron chi connectivity index (χ2n) is 11.7. The topological polar surface area (TPSA) is 72.5 Å². The Kier molecular flexibility index (Phi) is 12.6. The Bertz CT molecular complexity index is 1050. The van der Waals surface area contributed by atoms with Crippen LogP contribution in [0.3, 0.4) is 0 Å². The summed E-state index contributed by atoms with van der Waals surface area (Å²) in [6.45, 7) is 10.6. The van der Waals surface area contributed by atoms with Gasteiger partial charge in [0.05, 0.1) is 56.9 Å². The highest BCUT2D eigenvalue weighted by atomic mass is 28.4. The van der Waals surface area contributed by atoms with E-state index >= 15 is 0 Å². The molecule has 0 amide bonds. The maximum absolute atomic E-state index is 11.7. The van der Waals surface area contributed by atoms with Crippen LogP contribution in [-0.2, 0) is 41.4 Å². The highest BCUT2D eigenvalue weighted by Gasteiger charge is 2.50. The van der Waals surface area contributed by atoms with Crippen molar-refractivity contribution in [2.24, 2.45) is 5.92 Å². The first-order valence-electron chi connectivity index (χ1n) is 15.7. The molecule has 2 aliphatic rings. The third-order valence-electron chi connectivity index (χ3n) is 9.31. The van der Waals surface area contributed by atoms with Gasteiger partial charge >= 0.3 is 0 Å². The lowest BCUT2D eigenvalue weighted by Crippen LogP contribution is -2.61. The van der Waals surface area contributed by atoms with Crippen molar-refractivity contribution in [1.82, 2.24) is 0 Å². The molecule has 0 saturated carbocycles. The van der Waals surface area contributed by atoms with Gasteiger partial charge in [-0.1, -0.05) is 70.2 Å². The van der Waals surface area contributed by atoms with Crippen molar-refractivity contribution in [2.45, 2.75) is 115 Å². The normalized spacial score (nSPS) is 27.8. The Morgan fingerprint density at radius 3 is 2.19 bits per heavy atom. The van der Waals surface area contributed by atoms with Gasteiger partial charge in [0.1, 0.15) is 12.0 Å². The molecule has 4 rings (SSSR count). The fraction of sp³-hybridized carbons (Fsp3) is 0.618. The van der Waals surface area contributed by atoms with Crippen molar-refractivity contribution in [3.63, 3.8) is 0 Å². The molecule has 2 heterocycles. The van der Waals surface area contributed by atoms with Crippen LogP contribution in [0.4, 0.5) is 0 Å². The van der Waals surface area contributed by atoms with Gasteiger partial charge in [0.25, 0.3) is 0 Å². The zero-order valence-electron chi connectivity index (χ0n) is 26.0. The molecule has 0 bridgehead atoms. The van der Waals surface area contributed by atoms with Gasteiger partial charge in [0.15, 0.2) is 8.32 Å². The molecule has 8 heteroatoms. The molecule has 7 atom stereocenters. The molecule has 0 aromatic heterocycles. The summed E-state index contributed by atoms with van der Waals surface area (Å²) >= 11 is 0. The minimum atomic E-state index is -1.70. The van der Waals surface area contributed by atoms with Crippen molar-refractivity contribution in [2.75, 3.05) is 13.7 Å². The van der Waals surface area contributed by atoms with Crippen molar-refractivity contribution < 1.29 is 32.9 Å². The average Bonchev–Trinajstić information content (AvgIpc) is 3.03. The Morgan fingerprint density at radius 1 is 0.881 bits per heavy atom. The van der Waals surface area contributed by atoms with Crippen LogP contribution in [0.5, 0.6) is 5.75 Å². The van der Waals surface area contributed by atoms with Gasteiger partial charge in [-0.3, -0.25) is 0 Å². The summed E-state index contributed by atoms with van der Waals surface area (Å²) in [5, 5.41) is 0. The number of ether oxygens (including phenoxy) is 5. The van der Waals surface area contributed by atoms with E-state index in [9.17, 15) is 4.79 Å². The van der Waals surface area contributed by atoms with Crippen molar-refractivity contribution >= 4 is 14.6 Å². The largest absolute Gasteiger partial charge is 0.497 e. The minimum Gasteiger partial charge on any atom is -0.497 e. The van der Waals surface area contributed by atoms with Crippen molar-refractivity contribution in [3.8, 4) is 5.75 Å². The molecule has 0 N–H and O–H groups in total. The van der Waals surface area contributed by atoms with Gasteiger partial charge in [-0.15, -0.1) is 0 Å². The Labute approximate surface area is 253 Å². The molecule has 0 radical (unpaired) electrons. The molecular weight excluding hydrogens is 548 g/mol. The van der Waals surface area contributed by atoms with Crippen molar-refractivity contribution in [3.05, 3.63) is 65.7 Å². The predicted molar refractivity (Wildman–Crippen MR) is 166 cm³/mol. The Balaban J connectivity index is 1.47. The van der Waals surface area contributed by atoms with Gasteiger partial charge in [0.2, 0.25) is 0 Å². The predicted octanol–water partition coefficient (Wildman–Crippen LogP) is 6.73. The first kappa shape index (κ1) is 32.8. The van der Waals surface area contributed by atoms with E-state index in [1.807, 2.05) is 42.5 Å². The lowest BCUT2D eigenvalue weighted by atomic mass is 9.81. The van der Waals surface area contributed by atoms with Crippen molar-refractivity contribution in [1.29, 1.82) is 0 Å². The first-order chi connectivity index (χ1) is 20.5. The zero-order valence-corrected chi connectivity index (χ0v) is 27.0. The van der Waals surface area contributed by atoms with Crippen LogP contribution in [0.2, 0.25) is 18.1 Å². The number of benzene rings is 2. The second-order valence-corrected chi connectivity index (χ2v) is 16.5. The van der Waals surface area contributed by atoms with E-state index in [4.69, 9.17) is 28.1 Å². The summed E-state index contributed by atoms with van der Waals surface area (Å²) in [5.41, 5.74) is 2.17. The zero-order chi connectivity index (χ0) is 30.0. The van der Waals surface area contributed by atoms with Crippen LogP contribution in [0.15, 0.2) is 54.6 Å². The Hall–Kier alpha value is -2.07. The van der Waals surface area contributed by atoms with Crippen LogP contribution in [0.1, 0.15) is 58.1 Å². The molecule has 0 spiro atoms. The van der Waals surface area contributed by atoms with Gasteiger partial charge in [-0.05, 0) is 47.8 Å². The van der Waals surface area contributed by atoms with Gasteiger partial charge in [-0.25, -0.2) is 0 Å². The number of carbonyl (C=O) groups is 1. The number of carbonyl (C=O) groups excluding carboxylic acids is 1. The van der Waals surface area contributed by atoms with E-state index in [1.165, 1.54) is 0 Å². The summed E-state index contributed by atoms with van der Waals surface area (Å²) in [4.78, 5) is 11.7. The van der Waals surface area contributed by atoms with E-state index < -0.39 is 8.32 Å². The molecule has 0 aliphatic carbocycles. The molecule has 2 aliphatic heterocycles. The summed E-state index contributed by atoms with van der Waals surface area (Å²) in [7, 11) is -0.0472. The third-order valence-corrected chi connectivity index (χ3v) is 14.0. The number of methoxy groups -OCH3 is 1. The van der Waals surface area contributed by atoms with Crippen LogP contribution in [0.25, 0.3) is 0 Å². The van der Waals surface area contributed by atoms with Gasteiger partial charge in [-0.2, -0.15) is 0 Å². The molecule has 42 heavy (non-hydrogen) atoms. The van der Waals surface area contributed by atoms with E-state index in [0.717, 1.165) is 47.7 Å². The van der Waals surface area contributed by atoms with E-state index in [0.29, 0.717) is 26.2 Å². The molecular formula is C34H50O7Si. The lowest BCUT2D eigenvalue weighted by molar-refractivity contribution is -0.278. The van der Waals surface area contributed by atoms with E-state index in [1.54, 1.807) is 7.11 Å². The molecule has 2 aromatic carbocycles. The number of aldehydes is 1. The maximum atomic E-state index is 11.7. The van der Waals surface area contributed by atoms with Gasteiger partial charge in [0, 0.05) is 25.4 Å². The second kappa shape index (κ2) is 16.1. The van der Waals surface area contributed by atoms with Gasteiger partial charge < -0.3 is 32.9 Å². The molecule has 2 aromatic rings. The smallest absolute Gasteiger partial charge is 0.191 e. The van der Waals surface area contributed by atoms with Crippen LogP contribution in [0, 0.1) is 5.92 Å². The van der Waals surface area contributed by atoms with Crippen LogP contribution >= 0.6 is 0 Å². The molecule has 2 fully saturated rings. The first-order valence-corrected chi connectivity index (χ1v) is 18.3. The summed E-state index contributed by atoms with van der Waals surface area (Å²) in [6, 6.07) is 21.5. The molecule has 232 valence electrons. The van der Waals surface area contributed by atoms with E-state index in [-0.39, 0.29) is 49.0 Å². The third kappa shape index (κ3) is 8.30. The Morgan fingerprint density at radius 2 is 1.55 bits per heavy atom. The number of fused-ring (bicyclic) bond motifs is 1. The fourth-order valence-electron chi connectivity index (χ4n) is 6.43. The minimum absolute atomic E-state index is 0.0424. The van der Waals surface area contributed by atoms with E-state index in [2.05, 4.69) is 39.8 Å². The fourth-order valence-corrected chi connectivity index (χ4v) is 9.09. The molecule has 2 saturated heterocycles. The number of rotatable bonds is 16. The highest BCUT2D eigenvalue weighted by molar-refractivity contribution is 6.73. The maximum Gasteiger partial charge on any atom is 0.191 e. The summed E-state index contributed by atoms with van der Waals surface area (Å²) in [6.07, 6.45) is 1.55. The lowest BCUT2D eigenvalue weighted by Gasteiger charge is -2.51. The monoisotopic (exact) mass is 598 g/mol. The van der Waals surface area contributed by atoms with Crippen LogP contribution in [-0.4, -0.2) is 64.9 Å². The highest BCUT2D eigenvalue weighted by Crippen LogP contribution is 2.39. The SMILES string of the molecule is CC[Si](CC)(CC)OCC[C@H]1O[C@H]2[C@H](C)[C@@H](OCc3ccc(OC)cc3)[C@H](CC=O)O[C@H]2C[C@H]1OCc1ccccc1. The number of hydrogen-bond donors (Lipinski definition) is 0. The summed E-state index contributed by atoms with van der Waals surface area (Å²) in [5.74, 6) is 0.849. The van der Waals surface area contributed by atoms with Crippen LogP contribution < -0.4 is 4.74 Å². The average molecular weight is 599 g/mol.